The molecule has 0 radical (unpaired) electrons. The highest BCUT2D eigenvalue weighted by molar-refractivity contribution is 5.96. The molecular formula is C49H56FN9O8. The number of nitrogens with two attached hydrogens (primary N) is 3. The molecule has 0 bridgehead atoms. The first-order valence-electron chi connectivity index (χ1n) is 21.7. The van der Waals surface area contributed by atoms with Crippen LogP contribution in [0.25, 0.3) is 10.8 Å². The van der Waals surface area contributed by atoms with Gasteiger partial charge in [-0.1, -0.05) is 84.9 Å². The van der Waals surface area contributed by atoms with Gasteiger partial charge in [0.15, 0.2) is 5.96 Å². The van der Waals surface area contributed by atoms with E-state index in [0.717, 1.165) is 16.3 Å². The maximum Gasteiger partial charge on any atom is 0.322 e. The van der Waals surface area contributed by atoms with Crippen LogP contribution >= 0.6 is 0 Å². The molecule has 0 aliphatic rings. The second-order valence-corrected chi connectivity index (χ2v) is 16.0. The van der Waals surface area contributed by atoms with Gasteiger partial charge in [0, 0.05) is 31.6 Å². The topological polar surface area (TPSA) is 285 Å². The van der Waals surface area contributed by atoms with Crippen molar-refractivity contribution in [3.05, 3.63) is 149 Å². The van der Waals surface area contributed by atoms with E-state index in [1.165, 1.54) is 36.4 Å². The Morgan fingerprint density at radius 2 is 1.24 bits per heavy atom. The number of halogens is 1. The molecule has 0 aromatic heterocycles. The van der Waals surface area contributed by atoms with Gasteiger partial charge in [-0.05, 0) is 96.0 Å². The van der Waals surface area contributed by atoms with Crippen LogP contribution in [0, 0.1) is 5.82 Å². The summed E-state index contributed by atoms with van der Waals surface area (Å²) in [5.41, 5.74) is 19.7. The third-order valence-electron chi connectivity index (χ3n) is 10.8. The lowest BCUT2D eigenvalue weighted by molar-refractivity contribution is -0.138. The lowest BCUT2D eigenvalue weighted by atomic mass is 10.0. The van der Waals surface area contributed by atoms with E-state index in [1.807, 2.05) is 66.7 Å². The third kappa shape index (κ3) is 16.3. The molecule has 0 fully saturated rings. The zero-order valence-corrected chi connectivity index (χ0v) is 36.8. The molecule has 0 aliphatic heterocycles. The summed E-state index contributed by atoms with van der Waals surface area (Å²) >= 11 is 0. The summed E-state index contributed by atoms with van der Waals surface area (Å²) in [5.74, 6) is -5.42. The van der Waals surface area contributed by atoms with E-state index in [4.69, 9.17) is 17.2 Å². The number of carbonyl (C=O) groups is 6. The Morgan fingerprint density at radius 3 is 1.90 bits per heavy atom. The van der Waals surface area contributed by atoms with E-state index < -0.39 is 72.0 Å². The van der Waals surface area contributed by atoms with Crippen LogP contribution in [-0.4, -0.2) is 100 Å². The van der Waals surface area contributed by atoms with Gasteiger partial charge < -0.3 is 53.6 Å². The number of aromatic hydroxyl groups is 1. The number of hydrogen-bond donors (Lipinski definition) is 9. The number of nitrogens with zero attached hydrogens (tertiary/aromatic N) is 2. The van der Waals surface area contributed by atoms with Gasteiger partial charge in [0.25, 0.3) is 5.91 Å². The summed E-state index contributed by atoms with van der Waals surface area (Å²) in [6.07, 6.45) is 0.275. The monoisotopic (exact) mass is 917 g/mol. The lowest BCUT2D eigenvalue weighted by Gasteiger charge is -2.27. The molecule has 4 atom stereocenters. The summed E-state index contributed by atoms with van der Waals surface area (Å²) < 4.78 is 13.8. The maximum atomic E-state index is 14.4. The standard InChI is InChI=1S/C49H56FN9O8/c50-37-20-18-35(19-21-37)48(67)59(30-32-8-2-1-3-9-32)25-7-13-41(56-44(63)39(51)27-31-15-22-38(60)23-16-31)46(65)57-40(12-6-24-54-49(52)53)47(66)58-42(45(64)55-29-43(61)62)28-33-14-17-34-10-4-5-11-36(34)26-33/h1-5,8-11,14-23,26,39-42,60H,6-7,12-13,24-25,27-30,51H2,(H,55,64)(H,56,63)(H,57,65)(H,58,66)(H,61,62)(H4,52,53,54)/t39-,40+,41+,42+/m1/s1. The fourth-order valence-corrected chi connectivity index (χ4v) is 7.26. The number of aliphatic imine (C=N–C) groups is 1. The number of rotatable bonds is 24. The van der Waals surface area contributed by atoms with E-state index in [-0.39, 0.29) is 75.4 Å². The number of aliphatic carboxylic acids is 1. The molecule has 0 saturated heterocycles. The first kappa shape index (κ1) is 50.1. The molecule has 0 spiro atoms. The van der Waals surface area contributed by atoms with Crippen molar-refractivity contribution in [1.82, 2.24) is 26.2 Å². The largest absolute Gasteiger partial charge is 0.508 e. The highest BCUT2D eigenvalue weighted by Gasteiger charge is 2.31. The van der Waals surface area contributed by atoms with Crippen molar-refractivity contribution in [2.75, 3.05) is 19.6 Å². The van der Waals surface area contributed by atoms with Crippen LogP contribution < -0.4 is 38.5 Å². The SMILES string of the molecule is NC(N)=NCCC[C@H](NC(=O)[C@H](CCCN(Cc1ccccc1)C(=O)c1ccc(F)cc1)NC(=O)[C@H](N)Cc1ccc(O)cc1)C(=O)N[C@@H](Cc1ccc2ccccc2c1)C(=O)NCC(=O)O. The zero-order chi connectivity index (χ0) is 48.3. The number of carboxylic acids is 1. The average molecular weight is 918 g/mol. The van der Waals surface area contributed by atoms with Crippen molar-refractivity contribution in [1.29, 1.82) is 0 Å². The highest BCUT2D eigenvalue weighted by atomic mass is 19.1. The number of benzene rings is 5. The van der Waals surface area contributed by atoms with Gasteiger partial charge in [0.05, 0.1) is 6.04 Å². The minimum atomic E-state index is -1.33. The molecule has 5 aromatic carbocycles. The normalized spacial score (nSPS) is 12.7. The number of nitrogens with one attached hydrogen (secondary N) is 4. The van der Waals surface area contributed by atoms with Crippen LogP contribution in [0.2, 0.25) is 0 Å². The van der Waals surface area contributed by atoms with Gasteiger partial charge in [-0.3, -0.25) is 33.8 Å². The van der Waals surface area contributed by atoms with Crippen molar-refractivity contribution in [2.24, 2.45) is 22.2 Å². The van der Waals surface area contributed by atoms with Gasteiger partial charge in [0.1, 0.15) is 36.2 Å². The van der Waals surface area contributed by atoms with Crippen molar-refractivity contribution in [3.63, 3.8) is 0 Å². The van der Waals surface area contributed by atoms with Gasteiger partial charge in [-0.25, -0.2) is 4.39 Å². The highest BCUT2D eigenvalue weighted by Crippen LogP contribution is 2.18. The number of fused-ring (bicyclic) bond motifs is 1. The Balaban J connectivity index is 1.40. The molecule has 0 saturated carbocycles. The quantitative estimate of drug-likeness (QED) is 0.0246. The number of phenolic OH excluding ortho intramolecular Hbond substituents is 1. The molecular weight excluding hydrogens is 862 g/mol. The van der Waals surface area contributed by atoms with E-state index in [2.05, 4.69) is 26.3 Å². The fourth-order valence-electron chi connectivity index (χ4n) is 7.26. The summed E-state index contributed by atoms with van der Waals surface area (Å²) in [5, 5.41) is 31.3. The molecule has 352 valence electrons. The maximum absolute atomic E-state index is 14.4. The van der Waals surface area contributed by atoms with Crippen LogP contribution in [0.3, 0.4) is 0 Å². The number of carbonyl (C=O) groups excluding carboxylic acids is 5. The molecule has 5 amide bonds. The fraction of sp³-hybridized carbons (Fsp3) is 0.286. The van der Waals surface area contributed by atoms with Crippen LogP contribution in [0.15, 0.2) is 126 Å². The zero-order valence-electron chi connectivity index (χ0n) is 36.8. The molecule has 5 rings (SSSR count). The number of guanidine groups is 1. The Bertz CT molecular complexity index is 2500. The van der Waals surface area contributed by atoms with Crippen LogP contribution in [0.4, 0.5) is 4.39 Å². The molecule has 5 aromatic rings. The molecule has 17 nitrogen and oxygen atoms in total. The van der Waals surface area contributed by atoms with Crippen molar-refractivity contribution in [3.8, 4) is 5.75 Å². The first-order valence-corrected chi connectivity index (χ1v) is 21.7. The minimum absolute atomic E-state index is 0.0236. The number of phenols is 1. The van der Waals surface area contributed by atoms with Crippen molar-refractivity contribution < 1.29 is 43.4 Å². The van der Waals surface area contributed by atoms with Crippen LogP contribution in [-0.2, 0) is 43.4 Å². The summed E-state index contributed by atoms with van der Waals surface area (Å²) in [7, 11) is 0. The molecule has 0 aliphatic carbocycles. The molecule has 18 heteroatoms. The summed E-state index contributed by atoms with van der Waals surface area (Å²) in [6.45, 7) is -0.367. The Labute approximate surface area is 387 Å². The lowest BCUT2D eigenvalue weighted by Crippen LogP contribution is -2.58. The van der Waals surface area contributed by atoms with Crippen LogP contribution in [0.1, 0.15) is 52.7 Å². The summed E-state index contributed by atoms with van der Waals surface area (Å²) in [6, 6.07) is 28.4. The van der Waals surface area contributed by atoms with E-state index in [9.17, 15) is 43.4 Å². The molecule has 0 unspecified atom stereocenters. The minimum Gasteiger partial charge on any atom is -0.508 e. The predicted molar refractivity (Wildman–Crippen MR) is 251 cm³/mol. The van der Waals surface area contributed by atoms with Gasteiger partial charge in [-0.15, -0.1) is 0 Å². The van der Waals surface area contributed by atoms with E-state index >= 15 is 0 Å². The number of carboxylic acid groups (broad SMARTS) is 1. The van der Waals surface area contributed by atoms with Gasteiger partial charge in [0.2, 0.25) is 23.6 Å². The number of hydrogen-bond acceptors (Lipinski definition) is 9. The summed E-state index contributed by atoms with van der Waals surface area (Å²) in [4.78, 5) is 86.6. The van der Waals surface area contributed by atoms with E-state index in [0.29, 0.717) is 11.1 Å². The van der Waals surface area contributed by atoms with Crippen molar-refractivity contribution >= 4 is 52.2 Å². The van der Waals surface area contributed by atoms with Gasteiger partial charge in [-0.2, -0.15) is 0 Å². The van der Waals surface area contributed by atoms with Crippen molar-refractivity contribution in [2.45, 2.75) is 69.2 Å². The third-order valence-corrected chi connectivity index (χ3v) is 10.8. The Hall–Kier alpha value is -7.86. The predicted octanol–water partition coefficient (Wildman–Crippen LogP) is 2.63. The number of amides is 5. The van der Waals surface area contributed by atoms with Gasteiger partial charge >= 0.3 is 5.97 Å². The smallest absolute Gasteiger partial charge is 0.322 e. The molecule has 12 N–H and O–H groups in total. The van der Waals surface area contributed by atoms with Crippen LogP contribution in [0.5, 0.6) is 5.75 Å². The van der Waals surface area contributed by atoms with E-state index in [1.54, 1.807) is 23.1 Å². The second-order valence-electron chi connectivity index (χ2n) is 16.0. The Morgan fingerprint density at radius 1 is 0.642 bits per heavy atom. The molecule has 0 heterocycles. The Kier molecular flexibility index (Phi) is 18.7. The second kappa shape index (κ2) is 25.0. The molecule has 67 heavy (non-hydrogen) atoms. The average Bonchev–Trinajstić information content (AvgIpc) is 3.31. The first-order chi connectivity index (χ1) is 32.1.